The third-order valence-corrected chi connectivity index (χ3v) is 2.65. The number of halogens is 2. The van der Waals surface area contributed by atoms with E-state index in [1.54, 1.807) is 13.8 Å². The highest BCUT2D eigenvalue weighted by Gasteiger charge is 2.18. The first kappa shape index (κ1) is 12.1. The standard InChI is InChI=1S/C10H17F2N3/c1-4-8(13)5-9-6(2)14-15(7(9)3)10(11)12/h8,10H,4-5,13H2,1-3H3. The van der Waals surface area contributed by atoms with E-state index in [1.165, 1.54) is 0 Å². The van der Waals surface area contributed by atoms with E-state index in [-0.39, 0.29) is 6.04 Å². The number of rotatable bonds is 4. The van der Waals surface area contributed by atoms with E-state index in [0.717, 1.165) is 16.7 Å². The minimum atomic E-state index is -2.57. The SMILES string of the molecule is CCC(N)Cc1c(C)nn(C(F)F)c1C. The molecule has 0 radical (unpaired) electrons. The first-order valence-electron chi connectivity index (χ1n) is 5.05. The fourth-order valence-corrected chi connectivity index (χ4v) is 1.59. The fourth-order valence-electron chi connectivity index (χ4n) is 1.59. The van der Waals surface area contributed by atoms with Gasteiger partial charge >= 0.3 is 6.55 Å². The minimum Gasteiger partial charge on any atom is -0.327 e. The lowest BCUT2D eigenvalue weighted by Crippen LogP contribution is -2.22. The van der Waals surface area contributed by atoms with Crippen LogP contribution in [0.15, 0.2) is 0 Å². The molecule has 0 aliphatic rings. The first-order chi connectivity index (χ1) is 6.97. The van der Waals surface area contributed by atoms with E-state index in [0.29, 0.717) is 17.8 Å². The Balaban J connectivity index is 2.97. The topological polar surface area (TPSA) is 43.8 Å². The Kier molecular flexibility index (Phi) is 3.79. The molecular formula is C10H17F2N3. The smallest absolute Gasteiger partial charge is 0.327 e. The van der Waals surface area contributed by atoms with Crippen LogP contribution >= 0.6 is 0 Å². The summed E-state index contributed by atoms with van der Waals surface area (Å²) < 4.78 is 25.8. The van der Waals surface area contributed by atoms with Gasteiger partial charge in [0.2, 0.25) is 0 Å². The van der Waals surface area contributed by atoms with Crippen molar-refractivity contribution >= 4 is 0 Å². The van der Waals surface area contributed by atoms with Crippen LogP contribution in [0.1, 0.15) is 36.8 Å². The molecule has 1 aromatic heterocycles. The average Bonchev–Trinajstić information content (AvgIpc) is 2.45. The zero-order valence-corrected chi connectivity index (χ0v) is 9.30. The largest absolute Gasteiger partial charge is 0.333 e. The lowest BCUT2D eigenvalue weighted by molar-refractivity contribution is 0.0540. The van der Waals surface area contributed by atoms with Crippen LogP contribution in [0.3, 0.4) is 0 Å². The van der Waals surface area contributed by atoms with Gasteiger partial charge in [-0.2, -0.15) is 13.9 Å². The molecule has 0 aliphatic heterocycles. The van der Waals surface area contributed by atoms with Gasteiger partial charge in [0.1, 0.15) is 0 Å². The molecule has 1 heterocycles. The summed E-state index contributed by atoms with van der Waals surface area (Å²) in [6, 6.07) is 0.0118. The monoisotopic (exact) mass is 217 g/mol. The molecule has 1 unspecified atom stereocenters. The van der Waals surface area contributed by atoms with Crippen LogP contribution in [0.2, 0.25) is 0 Å². The van der Waals surface area contributed by atoms with Crippen LogP contribution in [0.5, 0.6) is 0 Å². The van der Waals surface area contributed by atoms with Crippen LogP contribution in [-0.2, 0) is 6.42 Å². The summed E-state index contributed by atoms with van der Waals surface area (Å²) in [5, 5.41) is 3.81. The zero-order chi connectivity index (χ0) is 11.6. The Labute approximate surface area is 88.3 Å². The molecule has 0 fully saturated rings. The van der Waals surface area contributed by atoms with E-state index in [2.05, 4.69) is 5.10 Å². The normalized spacial score (nSPS) is 13.5. The molecule has 3 nitrogen and oxygen atoms in total. The molecule has 0 aliphatic carbocycles. The van der Waals surface area contributed by atoms with Crippen molar-refractivity contribution in [2.45, 2.75) is 46.2 Å². The molecule has 1 atom stereocenters. The zero-order valence-electron chi connectivity index (χ0n) is 9.30. The van der Waals surface area contributed by atoms with E-state index in [1.807, 2.05) is 6.92 Å². The Hall–Kier alpha value is -0.970. The number of nitrogens with zero attached hydrogens (tertiary/aromatic N) is 2. The lowest BCUT2D eigenvalue weighted by Gasteiger charge is -2.09. The van der Waals surface area contributed by atoms with Crippen molar-refractivity contribution in [1.82, 2.24) is 9.78 Å². The third-order valence-electron chi connectivity index (χ3n) is 2.65. The lowest BCUT2D eigenvalue weighted by atomic mass is 10.0. The molecule has 15 heavy (non-hydrogen) atoms. The molecule has 1 rings (SSSR count). The molecular weight excluding hydrogens is 200 g/mol. The highest BCUT2D eigenvalue weighted by atomic mass is 19.3. The average molecular weight is 217 g/mol. The minimum absolute atomic E-state index is 0.0118. The second-order valence-corrected chi connectivity index (χ2v) is 3.74. The Morgan fingerprint density at radius 1 is 1.40 bits per heavy atom. The molecule has 1 aromatic rings. The number of nitrogens with two attached hydrogens (primary N) is 1. The van der Waals surface area contributed by atoms with Gasteiger partial charge in [-0.25, -0.2) is 4.68 Å². The van der Waals surface area contributed by atoms with Gasteiger partial charge in [0.15, 0.2) is 0 Å². The van der Waals surface area contributed by atoms with Gasteiger partial charge in [0.05, 0.1) is 5.69 Å². The highest BCUT2D eigenvalue weighted by molar-refractivity contribution is 5.25. The van der Waals surface area contributed by atoms with Gasteiger partial charge in [-0.05, 0) is 32.3 Å². The quantitative estimate of drug-likeness (QED) is 0.840. The highest BCUT2D eigenvalue weighted by Crippen LogP contribution is 2.20. The maximum atomic E-state index is 12.5. The van der Waals surface area contributed by atoms with Gasteiger partial charge in [-0.3, -0.25) is 0 Å². The van der Waals surface area contributed by atoms with Gasteiger partial charge in [-0.1, -0.05) is 6.92 Å². The maximum absolute atomic E-state index is 12.5. The van der Waals surface area contributed by atoms with Crippen LogP contribution in [0.25, 0.3) is 0 Å². The summed E-state index contributed by atoms with van der Waals surface area (Å²) in [5.41, 5.74) is 7.82. The van der Waals surface area contributed by atoms with E-state index < -0.39 is 6.55 Å². The molecule has 0 aromatic carbocycles. The first-order valence-corrected chi connectivity index (χ1v) is 5.05. The molecule has 0 bridgehead atoms. The van der Waals surface area contributed by atoms with E-state index in [9.17, 15) is 8.78 Å². The van der Waals surface area contributed by atoms with Crippen molar-refractivity contribution in [1.29, 1.82) is 0 Å². The molecule has 0 amide bonds. The summed E-state index contributed by atoms with van der Waals surface area (Å²) in [7, 11) is 0. The molecule has 86 valence electrons. The molecule has 5 heteroatoms. The summed E-state index contributed by atoms with van der Waals surface area (Å²) in [4.78, 5) is 0. The Morgan fingerprint density at radius 3 is 2.40 bits per heavy atom. The van der Waals surface area contributed by atoms with Crippen LogP contribution < -0.4 is 5.73 Å². The van der Waals surface area contributed by atoms with Crippen LogP contribution in [0.4, 0.5) is 8.78 Å². The Bertz CT molecular complexity index is 334. The maximum Gasteiger partial charge on any atom is 0.333 e. The van der Waals surface area contributed by atoms with Gasteiger partial charge in [0, 0.05) is 11.7 Å². The second kappa shape index (κ2) is 4.70. The number of aromatic nitrogens is 2. The van der Waals surface area contributed by atoms with Crippen molar-refractivity contribution in [2.24, 2.45) is 5.73 Å². The molecule has 2 N–H and O–H groups in total. The number of alkyl halides is 2. The van der Waals surface area contributed by atoms with Crippen molar-refractivity contribution in [3.8, 4) is 0 Å². The number of hydrogen-bond acceptors (Lipinski definition) is 2. The van der Waals surface area contributed by atoms with Crippen LogP contribution in [-0.4, -0.2) is 15.8 Å². The predicted octanol–water partition coefficient (Wildman–Crippen LogP) is 2.17. The van der Waals surface area contributed by atoms with Crippen molar-refractivity contribution in [3.63, 3.8) is 0 Å². The molecule has 0 saturated carbocycles. The van der Waals surface area contributed by atoms with E-state index in [4.69, 9.17) is 5.73 Å². The summed E-state index contributed by atoms with van der Waals surface area (Å²) in [5.74, 6) is 0. The molecule has 0 saturated heterocycles. The van der Waals surface area contributed by atoms with Crippen molar-refractivity contribution < 1.29 is 8.78 Å². The Morgan fingerprint density at radius 2 is 2.00 bits per heavy atom. The summed E-state index contributed by atoms with van der Waals surface area (Å²) in [6.07, 6.45) is 1.44. The number of aryl methyl sites for hydroxylation is 1. The van der Waals surface area contributed by atoms with Gasteiger partial charge in [-0.15, -0.1) is 0 Å². The van der Waals surface area contributed by atoms with Gasteiger partial charge < -0.3 is 5.73 Å². The van der Waals surface area contributed by atoms with Crippen molar-refractivity contribution in [2.75, 3.05) is 0 Å². The number of hydrogen-bond donors (Lipinski definition) is 1. The van der Waals surface area contributed by atoms with Gasteiger partial charge in [0.25, 0.3) is 0 Å². The summed E-state index contributed by atoms with van der Waals surface area (Å²) in [6.45, 7) is 2.80. The molecule has 0 spiro atoms. The van der Waals surface area contributed by atoms with Crippen LogP contribution in [0, 0.1) is 13.8 Å². The fraction of sp³-hybridized carbons (Fsp3) is 0.700. The second-order valence-electron chi connectivity index (χ2n) is 3.74. The van der Waals surface area contributed by atoms with Crippen molar-refractivity contribution in [3.05, 3.63) is 17.0 Å². The van der Waals surface area contributed by atoms with E-state index >= 15 is 0 Å². The summed E-state index contributed by atoms with van der Waals surface area (Å²) >= 11 is 0. The predicted molar refractivity (Wildman–Crippen MR) is 54.9 cm³/mol. The third kappa shape index (κ3) is 2.53.